The molecule has 3 aliphatic rings. The van der Waals surface area contributed by atoms with Gasteiger partial charge >= 0.3 is 12.3 Å². The van der Waals surface area contributed by atoms with E-state index in [-0.39, 0.29) is 42.5 Å². The van der Waals surface area contributed by atoms with Gasteiger partial charge in [-0.2, -0.15) is 0 Å². The summed E-state index contributed by atoms with van der Waals surface area (Å²) in [4.78, 5) is 27.9. The number of hydrogen-bond donors (Lipinski definition) is 1. The number of benzene rings is 2. The topological polar surface area (TPSA) is 88.5 Å². The predicted molar refractivity (Wildman–Crippen MR) is 142 cm³/mol. The summed E-state index contributed by atoms with van der Waals surface area (Å²) in [6, 6.07) is 8.61. The lowest BCUT2D eigenvalue weighted by atomic mass is 10.1. The summed E-state index contributed by atoms with van der Waals surface area (Å²) in [7, 11) is 1.67. The summed E-state index contributed by atoms with van der Waals surface area (Å²) in [6.45, 7) is 0.503. The number of carboxylic acids is 1. The van der Waals surface area contributed by atoms with Gasteiger partial charge in [-0.05, 0) is 93.5 Å². The fraction of sp³-hybridized carbons (Fsp3) is 0.500. The average molecular weight is 585 g/mol. The standard InChI is InChI=1S/C28H31F3N2O6.ClH/c1-32-22(9-10-23(32)27(35)36)26(34)33-13-12-18-15-20(7-8-21(18)33)37-16-17-6-11-24(38-19-4-2-3-5-19)25(14-17)39-28(29,30)31;/h6-8,11,14-15,19,22-23H,2-5,9-10,12-13,16H2,1H3,(H,35,36);1H/t22-,23-;/m0./s1. The Kier molecular flexibility index (Phi) is 9.04. The van der Waals surface area contributed by atoms with Gasteiger partial charge in [0.2, 0.25) is 5.91 Å². The summed E-state index contributed by atoms with van der Waals surface area (Å²) in [5, 5.41) is 9.36. The van der Waals surface area contributed by atoms with Crippen molar-refractivity contribution in [2.45, 2.75) is 76.1 Å². The molecule has 2 heterocycles. The second-order valence-corrected chi connectivity index (χ2v) is 10.3. The number of aliphatic carboxylic acids is 1. The average Bonchev–Trinajstić information content (AvgIpc) is 3.62. The summed E-state index contributed by atoms with van der Waals surface area (Å²) in [6.07, 6.45) is 0.155. The highest BCUT2D eigenvalue weighted by atomic mass is 35.5. The largest absolute Gasteiger partial charge is 0.573 e. The van der Waals surface area contributed by atoms with E-state index in [1.807, 2.05) is 6.07 Å². The van der Waals surface area contributed by atoms with E-state index < -0.39 is 24.4 Å². The zero-order valence-corrected chi connectivity index (χ0v) is 22.8. The number of carbonyl (C=O) groups excluding carboxylic acids is 1. The number of carboxylic acid groups (broad SMARTS) is 1. The minimum atomic E-state index is -4.85. The van der Waals surface area contributed by atoms with Gasteiger partial charge in [0, 0.05) is 12.2 Å². The summed E-state index contributed by atoms with van der Waals surface area (Å²) >= 11 is 0. The van der Waals surface area contributed by atoms with E-state index in [2.05, 4.69) is 4.74 Å². The molecule has 0 aromatic heterocycles. The molecule has 1 amide bonds. The summed E-state index contributed by atoms with van der Waals surface area (Å²) in [5.74, 6) is -0.847. The van der Waals surface area contributed by atoms with Crippen LogP contribution < -0.4 is 19.1 Å². The monoisotopic (exact) mass is 584 g/mol. The molecule has 2 aromatic rings. The van der Waals surface area contributed by atoms with Gasteiger partial charge < -0.3 is 24.2 Å². The zero-order chi connectivity index (χ0) is 27.7. The van der Waals surface area contributed by atoms with Crippen molar-refractivity contribution >= 4 is 30.0 Å². The van der Waals surface area contributed by atoms with Gasteiger partial charge in [-0.1, -0.05) is 6.07 Å². The summed E-state index contributed by atoms with van der Waals surface area (Å²) < 4.78 is 55.0. The Morgan fingerprint density at radius 3 is 2.40 bits per heavy atom. The molecule has 2 fully saturated rings. The minimum Gasteiger partial charge on any atom is -0.489 e. The molecule has 1 saturated carbocycles. The minimum absolute atomic E-state index is 0. The second kappa shape index (κ2) is 12.1. The number of nitrogens with zero attached hydrogens (tertiary/aromatic N) is 2. The number of alkyl halides is 3. The van der Waals surface area contributed by atoms with Crippen molar-refractivity contribution in [3.8, 4) is 17.2 Å². The van der Waals surface area contributed by atoms with Crippen molar-refractivity contribution in [3.63, 3.8) is 0 Å². The molecule has 2 aromatic carbocycles. The number of halogens is 4. The Bertz CT molecular complexity index is 1240. The Labute approximate surface area is 236 Å². The molecule has 40 heavy (non-hydrogen) atoms. The van der Waals surface area contributed by atoms with Crippen LogP contribution in [0.5, 0.6) is 17.2 Å². The van der Waals surface area contributed by atoms with Gasteiger partial charge in [0.1, 0.15) is 18.4 Å². The van der Waals surface area contributed by atoms with Crippen LogP contribution in [0.4, 0.5) is 18.9 Å². The van der Waals surface area contributed by atoms with Crippen molar-refractivity contribution in [3.05, 3.63) is 47.5 Å². The highest BCUT2D eigenvalue weighted by Crippen LogP contribution is 2.37. The fourth-order valence-corrected chi connectivity index (χ4v) is 5.71. The number of carbonyl (C=O) groups is 2. The molecule has 8 nitrogen and oxygen atoms in total. The molecule has 5 rings (SSSR count). The number of likely N-dealkylation sites (tertiary alicyclic amines) is 1. The van der Waals surface area contributed by atoms with Gasteiger partial charge in [0.15, 0.2) is 11.5 Å². The van der Waals surface area contributed by atoms with Crippen LogP contribution in [0.15, 0.2) is 36.4 Å². The molecule has 218 valence electrons. The lowest BCUT2D eigenvalue weighted by Gasteiger charge is -2.27. The maximum atomic E-state index is 13.2. The number of hydrogen-bond acceptors (Lipinski definition) is 6. The maximum absolute atomic E-state index is 13.2. The van der Waals surface area contributed by atoms with E-state index in [0.29, 0.717) is 37.1 Å². The van der Waals surface area contributed by atoms with Crippen LogP contribution in [0.25, 0.3) is 0 Å². The second-order valence-electron chi connectivity index (χ2n) is 10.3. The molecular formula is C28H32ClF3N2O6. The van der Waals surface area contributed by atoms with Crippen LogP contribution in [0.1, 0.15) is 49.7 Å². The smallest absolute Gasteiger partial charge is 0.489 e. The first kappa shape index (κ1) is 29.8. The van der Waals surface area contributed by atoms with Crippen molar-refractivity contribution in [2.75, 3.05) is 18.5 Å². The Hall–Kier alpha value is -3.18. The van der Waals surface area contributed by atoms with E-state index in [9.17, 15) is 27.9 Å². The molecule has 2 atom stereocenters. The van der Waals surface area contributed by atoms with E-state index in [0.717, 1.165) is 36.9 Å². The Morgan fingerprint density at radius 1 is 1.00 bits per heavy atom. The lowest BCUT2D eigenvalue weighted by Crippen LogP contribution is -2.47. The molecule has 0 unspecified atom stereocenters. The number of fused-ring (bicyclic) bond motifs is 1. The third-order valence-electron chi connectivity index (χ3n) is 7.71. The van der Waals surface area contributed by atoms with Crippen LogP contribution in [-0.2, 0) is 22.6 Å². The van der Waals surface area contributed by atoms with E-state index in [4.69, 9.17) is 9.47 Å². The normalized spacial score (nSPS) is 21.1. The van der Waals surface area contributed by atoms with Gasteiger partial charge in [0.05, 0.1) is 12.1 Å². The molecule has 1 aliphatic carbocycles. The molecular weight excluding hydrogens is 553 g/mol. The van der Waals surface area contributed by atoms with Crippen LogP contribution in [0, 0.1) is 0 Å². The van der Waals surface area contributed by atoms with Crippen LogP contribution in [0.3, 0.4) is 0 Å². The predicted octanol–water partition coefficient (Wildman–Crippen LogP) is 5.34. The molecule has 0 radical (unpaired) electrons. The summed E-state index contributed by atoms with van der Waals surface area (Å²) in [5.41, 5.74) is 2.16. The molecule has 1 N–H and O–H groups in total. The SMILES string of the molecule is CN1[C@H](C(=O)O)CC[C@H]1C(=O)N1CCc2cc(OCc3ccc(OC4CCCC4)c(OC(F)(F)F)c3)ccc21.Cl. The number of ether oxygens (including phenoxy) is 3. The van der Waals surface area contributed by atoms with Gasteiger partial charge in [-0.3, -0.25) is 14.5 Å². The van der Waals surface area contributed by atoms with Crippen molar-refractivity contribution < 1.29 is 42.1 Å². The Morgan fingerprint density at radius 2 is 1.73 bits per heavy atom. The van der Waals surface area contributed by atoms with Crippen molar-refractivity contribution in [1.29, 1.82) is 0 Å². The van der Waals surface area contributed by atoms with Crippen molar-refractivity contribution in [1.82, 2.24) is 4.90 Å². The first-order chi connectivity index (χ1) is 18.6. The third kappa shape index (κ3) is 6.58. The number of likely N-dealkylation sites (N-methyl/N-ethyl adjacent to an activating group) is 1. The Balaban J connectivity index is 0.00000370. The third-order valence-corrected chi connectivity index (χ3v) is 7.71. The number of rotatable bonds is 8. The molecule has 2 aliphatic heterocycles. The van der Waals surface area contributed by atoms with E-state index >= 15 is 0 Å². The highest BCUT2D eigenvalue weighted by molar-refractivity contribution is 5.99. The molecule has 1 saturated heterocycles. The first-order valence-electron chi connectivity index (χ1n) is 13.2. The number of amides is 1. The quantitative estimate of drug-likeness (QED) is 0.448. The van der Waals surface area contributed by atoms with E-state index in [1.165, 1.54) is 12.1 Å². The highest BCUT2D eigenvalue weighted by Gasteiger charge is 2.42. The van der Waals surface area contributed by atoms with Crippen LogP contribution in [-0.4, -0.2) is 60.0 Å². The molecule has 0 bridgehead atoms. The fourth-order valence-electron chi connectivity index (χ4n) is 5.71. The lowest BCUT2D eigenvalue weighted by molar-refractivity contribution is -0.275. The molecule has 0 spiro atoms. The zero-order valence-electron chi connectivity index (χ0n) is 22.0. The van der Waals surface area contributed by atoms with Crippen molar-refractivity contribution in [2.24, 2.45) is 0 Å². The van der Waals surface area contributed by atoms with Gasteiger partial charge in [0.25, 0.3) is 0 Å². The van der Waals surface area contributed by atoms with Gasteiger partial charge in [-0.15, -0.1) is 25.6 Å². The molecule has 12 heteroatoms. The van der Waals surface area contributed by atoms with E-state index in [1.54, 1.807) is 35.0 Å². The number of anilines is 1. The maximum Gasteiger partial charge on any atom is 0.573 e. The first-order valence-corrected chi connectivity index (χ1v) is 13.2. The van der Waals surface area contributed by atoms with Crippen LogP contribution >= 0.6 is 12.4 Å². The van der Waals surface area contributed by atoms with Gasteiger partial charge in [-0.25, -0.2) is 0 Å². The van der Waals surface area contributed by atoms with Crippen LogP contribution in [0.2, 0.25) is 0 Å².